The number of aliphatic imine (C=N–C) groups is 1. The van der Waals surface area contributed by atoms with Crippen molar-refractivity contribution in [1.29, 1.82) is 0 Å². The molecule has 0 aliphatic carbocycles. The molecule has 4 heteroatoms. The van der Waals surface area contributed by atoms with Gasteiger partial charge in [-0.1, -0.05) is 24.3 Å². The molecular weight excluding hydrogens is 236 g/mol. The smallest absolute Gasteiger partial charge is 0.199 e. The van der Waals surface area contributed by atoms with Gasteiger partial charge in [0.15, 0.2) is 5.88 Å². The molecule has 88 valence electrons. The van der Waals surface area contributed by atoms with Gasteiger partial charge in [0.25, 0.3) is 0 Å². The maximum Gasteiger partial charge on any atom is 0.199 e. The van der Waals surface area contributed by atoms with E-state index in [0.29, 0.717) is 0 Å². The molecule has 0 radical (unpaired) electrons. The quantitative estimate of drug-likeness (QED) is 0.704. The van der Waals surface area contributed by atoms with Crippen LogP contribution in [0.1, 0.15) is 17.5 Å². The predicted molar refractivity (Wildman–Crippen MR) is 69.3 cm³/mol. The molecule has 0 N–H and O–H groups in total. The third-order valence-electron chi connectivity index (χ3n) is 3.43. The second-order valence-corrected chi connectivity index (χ2v) is 4.28. The topological polar surface area (TPSA) is 24.8 Å². The number of benzene rings is 1. The molecule has 0 fully saturated rings. The average molecular weight is 249 g/mol. The Bertz CT molecular complexity index is 536. The van der Waals surface area contributed by atoms with Crippen LogP contribution >= 0.6 is 12.4 Å². The van der Waals surface area contributed by atoms with Gasteiger partial charge in [0.1, 0.15) is 5.84 Å². The molecule has 3 aliphatic heterocycles. The molecule has 0 spiro atoms. The van der Waals surface area contributed by atoms with E-state index in [1.807, 2.05) is 0 Å². The summed E-state index contributed by atoms with van der Waals surface area (Å²) < 4.78 is 5.75. The highest BCUT2D eigenvalue weighted by Gasteiger charge is 2.35. The van der Waals surface area contributed by atoms with Crippen molar-refractivity contribution in [2.75, 3.05) is 19.7 Å². The summed E-state index contributed by atoms with van der Waals surface area (Å²) in [6.07, 6.45) is 1.02. The van der Waals surface area contributed by atoms with E-state index in [-0.39, 0.29) is 12.4 Å². The monoisotopic (exact) mass is 248 g/mol. The van der Waals surface area contributed by atoms with Gasteiger partial charge in [-0.25, -0.2) is 0 Å². The summed E-state index contributed by atoms with van der Waals surface area (Å²) in [5, 5.41) is 0. The van der Waals surface area contributed by atoms with Crippen molar-refractivity contribution in [3.8, 4) is 0 Å². The third-order valence-corrected chi connectivity index (χ3v) is 3.43. The van der Waals surface area contributed by atoms with E-state index in [1.54, 1.807) is 0 Å². The Hall–Kier alpha value is -1.48. The molecule has 0 aromatic heterocycles. The van der Waals surface area contributed by atoms with Crippen LogP contribution in [0.3, 0.4) is 0 Å². The van der Waals surface area contributed by atoms with E-state index in [9.17, 15) is 0 Å². The zero-order valence-corrected chi connectivity index (χ0v) is 10.2. The summed E-state index contributed by atoms with van der Waals surface area (Å²) >= 11 is 0. The summed E-state index contributed by atoms with van der Waals surface area (Å²) in [7, 11) is 0. The molecule has 1 aromatic carbocycles. The van der Waals surface area contributed by atoms with Gasteiger partial charge in [-0.2, -0.15) is 0 Å². The highest BCUT2D eigenvalue weighted by atomic mass is 35.5. The van der Waals surface area contributed by atoms with Crippen LogP contribution in [0, 0.1) is 0 Å². The number of amidine groups is 1. The van der Waals surface area contributed by atoms with Crippen molar-refractivity contribution in [2.45, 2.75) is 6.42 Å². The van der Waals surface area contributed by atoms with Crippen molar-refractivity contribution in [1.82, 2.24) is 4.90 Å². The summed E-state index contributed by atoms with van der Waals surface area (Å²) in [5.74, 6) is 2.14. The van der Waals surface area contributed by atoms with Crippen molar-refractivity contribution < 1.29 is 4.74 Å². The van der Waals surface area contributed by atoms with Crippen LogP contribution in [-0.2, 0) is 4.74 Å². The second kappa shape index (κ2) is 3.77. The molecule has 0 amide bonds. The summed E-state index contributed by atoms with van der Waals surface area (Å²) in [4.78, 5) is 6.81. The van der Waals surface area contributed by atoms with Crippen LogP contribution in [0.25, 0.3) is 5.57 Å². The normalized spacial score (nSPS) is 20.0. The van der Waals surface area contributed by atoms with Crippen molar-refractivity contribution >= 4 is 23.8 Å². The molecule has 0 unspecified atom stereocenters. The van der Waals surface area contributed by atoms with Crippen molar-refractivity contribution in [3.05, 3.63) is 41.3 Å². The van der Waals surface area contributed by atoms with E-state index >= 15 is 0 Å². The lowest BCUT2D eigenvalue weighted by Gasteiger charge is -2.27. The van der Waals surface area contributed by atoms with E-state index < -0.39 is 0 Å². The molecule has 0 bridgehead atoms. The lowest BCUT2D eigenvalue weighted by Crippen LogP contribution is -2.32. The van der Waals surface area contributed by atoms with Crippen LogP contribution in [0.5, 0.6) is 0 Å². The van der Waals surface area contributed by atoms with E-state index in [0.717, 1.165) is 37.8 Å². The molecule has 0 saturated carbocycles. The Labute approximate surface area is 106 Å². The first kappa shape index (κ1) is 10.7. The van der Waals surface area contributed by atoms with Crippen LogP contribution < -0.4 is 0 Å². The maximum atomic E-state index is 5.75. The van der Waals surface area contributed by atoms with E-state index in [4.69, 9.17) is 4.74 Å². The van der Waals surface area contributed by atoms with Gasteiger partial charge in [0.05, 0.1) is 13.2 Å². The number of rotatable bonds is 0. The lowest BCUT2D eigenvalue weighted by atomic mass is 9.94. The number of hydrogen-bond acceptors (Lipinski definition) is 3. The molecule has 0 atom stereocenters. The van der Waals surface area contributed by atoms with E-state index in [1.165, 1.54) is 16.7 Å². The maximum absolute atomic E-state index is 5.75. The molecular formula is C13H13ClN2O. The molecule has 1 aromatic rings. The first-order chi connectivity index (χ1) is 7.95. The fourth-order valence-electron chi connectivity index (χ4n) is 2.75. The van der Waals surface area contributed by atoms with Crippen molar-refractivity contribution in [3.63, 3.8) is 0 Å². The molecule has 3 heterocycles. The average Bonchev–Trinajstić information content (AvgIpc) is 2.98. The number of ether oxygens (including phenoxy) is 1. The summed E-state index contributed by atoms with van der Waals surface area (Å²) in [6.45, 7) is 2.65. The van der Waals surface area contributed by atoms with Crippen LogP contribution in [-0.4, -0.2) is 30.4 Å². The fraction of sp³-hybridized carbons (Fsp3) is 0.308. The van der Waals surface area contributed by atoms with Crippen LogP contribution in [0.2, 0.25) is 0 Å². The first-order valence-corrected chi connectivity index (χ1v) is 5.73. The molecule has 3 nitrogen and oxygen atoms in total. The highest BCUT2D eigenvalue weighted by molar-refractivity contribution is 6.07. The van der Waals surface area contributed by atoms with Gasteiger partial charge >= 0.3 is 0 Å². The van der Waals surface area contributed by atoms with Gasteiger partial charge in [-0.15, -0.1) is 12.4 Å². The second-order valence-electron chi connectivity index (χ2n) is 4.28. The van der Waals surface area contributed by atoms with Crippen molar-refractivity contribution in [2.24, 2.45) is 4.99 Å². The largest absolute Gasteiger partial charge is 0.478 e. The fourth-order valence-corrected chi connectivity index (χ4v) is 2.75. The highest BCUT2D eigenvalue weighted by Crippen LogP contribution is 2.39. The molecule has 4 rings (SSSR count). The van der Waals surface area contributed by atoms with Gasteiger partial charge in [-0.05, 0) is 5.56 Å². The summed E-state index contributed by atoms with van der Waals surface area (Å²) in [5.41, 5.74) is 3.94. The number of nitrogens with zero attached hydrogens (tertiary/aromatic N) is 2. The van der Waals surface area contributed by atoms with E-state index in [2.05, 4.69) is 34.2 Å². The zero-order chi connectivity index (χ0) is 10.5. The van der Waals surface area contributed by atoms with Gasteiger partial charge in [0.2, 0.25) is 0 Å². The van der Waals surface area contributed by atoms with Gasteiger partial charge in [-0.3, -0.25) is 9.89 Å². The van der Waals surface area contributed by atoms with Gasteiger partial charge in [0, 0.05) is 24.1 Å². The minimum atomic E-state index is 0. The lowest BCUT2D eigenvalue weighted by molar-refractivity contribution is 0.181. The first-order valence-electron chi connectivity index (χ1n) is 5.73. The Morgan fingerprint density at radius 3 is 2.88 bits per heavy atom. The zero-order valence-electron chi connectivity index (χ0n) is 9.35. The number of hydrogen-bond donors (Lipinski definition) is 0. The Morgan fingerprint density at radius 1 is 1.18 bits per heavy atom. The third kappa shape index (κ3) is 1.32. The Kier molecular flexibility index (Phi) is 2.37. The molecule has 17 heavy (non-hydrogen) atoms. The number of halogens is 1. The summed E-state index contributed by atoms with van der Waals surface area (Å²) in [6, 6.07) is 8.51. The number of fused-ring (bicyclic) bond motifs is 5. The Balaban J connectivity index is 0.000000902. The molecule has 0 saturated heterocycles. The van der Waals surface area contributed by atoms with Gasteiger partial charge < -0.3 is 4.74 Å². The minimum Gasteiger partial charge on any atom is -0.478 e. The standard InChI is InChI=1S/C13H12N2O.ClH/c1-2-4-10-9(3-1)11-5-8-16-13(11)15-7-6-14-12(10)15;/h1-4H,5-8H2;1H. The SMILES string of the molecule is Cl.c1ccc2c(c1)C1=NCCN1C1=C2CCO1. The van der Waals surface area contributed by atoms with Crippen LogP contribution in [0.15, 0.2) is 35.1 Å². The molecule has 3 aliphatic rings. The predicted octanol–water partition coefficient (Wildman–Crippen LogP) is 2.27. The minimum absolute atomic E-state index is 0. The van der Waals surface area contributed by atoms with Crippen LogP contribution in [0.4, 0.5) is 0 Å². The Morgan fingerprint density at radius 2 is 2.00 bits per heavy atom.